The van der Waals surface area contributed by atoms with E-state index in [2.05, 4.69) is 26.2 Å². The third kappa shape index (κ3) is 5.53. The summed E-state index contributed by atoms with van der Waals surface area (Å²) in [6, 6.07) is 16.9. The van der Waals surface area contributed by atoms with Gasteiger partial charge in [0.15, 0.2) is 0 Å². The van der Waals surface area contributed by atoms with Crippen molar-refractivity contribution in [2.24, 2.45) is 0 Å². The third-order valence-electron chi connectivity index (χ3n) is 5.59. The molecule has 1 aliphatic heterocycles. The summed E-state index contributed by atoms with van der Waals surface area (Å²) < 4.78 is 39.7. The SMILES string of the molecule is FC(F)(F)c1ccccc1-c1ccc(NCCN2CCN(c3cccc(Cl)c3)CC2)nc1. The molecule has 1 aliphatic rings. The highest BCUT2D eigenvalue weighted by atomic mass is 35.5. The van der Waals surface area contributed by atoms with Gasteiger partial charge in [-0.25, -0.2) is 4.98 Å². The number of aromatic nitrogens is 1. The molecule has 8 heteroatoms. The molecule has 0 spiro atoms. The van der Waals surface area contributed by atoms with Gasteiger partial charge in [0.05, 0.1) is 5.56 Å². The highest BCUT2D eigenvalue weighted by molar-refractivity contribution is 6.30. The third-order valence-corrected chi connectivity index (χ3v) is 5.82. The maximum atomic E-state index is 13.2. The van der Waals surface area contributed by atoms with E-state index in [1.807, 2.05) is 18.2 Å². The van der Waals surface area contributed by atoms with Crippen molar-refractivity contribution in [3.8, 4) is 11.1 Å². The molecule has 0 amide bonds. The zero-order valence-corrected chi connectivity index (χ0v) is 18.2. The highest BCUT2D eigenvalue weighted by Crippen LogP contribution is 2.36. The van der Waals surface area contributed by atoms with Gasteiger partial charge >= 0.3 is 6.18 Å². The minimum Gasteiger partial charge on any atom is -0.369 e. The quantitative estimate of drug-likeness (QED) is 0.514. The van der Waals surface area contributed by atoms with Crippen LogP contribution in [-0.2, 0) is 6.18 Å². The molecule has 0 saturated carbocycles. The molecule has 4 rings (SSSR count). The highest BCUT2D eigenvalue weighted by Gasteiger charge is 2.33. The smallest absolute Gasteiger partial charge is 0.369 e. The van der Waals surface area contributed by atoms with Gasteiger partial charge in [-0.05, 0) is 42.0 Å². The fourth-order valence-electron chi connectivity index (χ4n) is 3.88. The molecular formula is C24H24ClF3N4. The van der Waals surface area contributed by atoms with Gasteiger partial charge in [0, 0.05) is 61.7 Å². The first kappa shape index (κ1) is 22.4. The van der Waals surface area contributed by atoms with Gasteiger partial charge in [-0.3, -0.25) is 4.90 Å². The molecule has 2 aromatic carbocycles. The lowest BCUT2D eigenvalue weighted by Gasteiger charge is -2.36. The number of rotatable bonds is 6. The Balaban J connectivity index is 1.27. The molecule has 0 unspecified atom stereocenters. The van der Waals surface area contributed by atoms with E-state index in [0.29, 0.717) is 17.9 Å². The van der Waals surface area contributed by atoms with Crippen LogP contribution in [0.2, 0.25) is 5.02 Å². The second-order valence-corrected chi connectivity index (χ2v) is 8.15. The summed E-state index contributed by atoms with van der Waals surface area (Å²) in [5.41, 5.74) is 1.07. The van der Waals surface area contributed by atoms with Crippen LogP contribution in [0.25, 0.3) is 11.1 Å². The van der Waals surface area contributed by atoms with Crippen molar-refractivity contribution in [3.63, 3.8) is 0 Å². The maximum Gasteiger partial charge on any atom is 0.417 e. The molecule has 1 fully saturated rings. The van der Waals surface area contributed by atoms with Gasteiger partial charge in [-0.15, -0.1) is 0 Å². The van der Waals surface area contributed by atoms with Crippen molar-refractivity contribution in [1.29, 1.82) is 0 Å². The van der Waals surface area contributed by atoms with Crippen molar-refractivity contribution in [2.45, 2.75) is 6.18 Å². The zero-order chi connectivity index (χ0) is 22.6. The van der Waals surface area contributed by atoms with Crippen LogP contribution in [0.5, 0.6) is 0 Å². The van der Waals surface area contributed by atoms with Crippen molar-refractivity contribution in [3.05, 3.63) is 77.4 Å². The Morgan fingerprint density at radius 2 is 1.72 bits per heavy atom. The summed E-state index contributed by atoms with van der Waals surface area (Å²) in [4.78, 5) is 9.01. The molecule has 0 radical (unpaired) electrons. The van der Waals surface area contributed by atoms with E-state index in [1.165, 1.54) is 18.3 Å². The summed E-state index contributed by atoms with van der Waals surface area (Å²) in [5, 5.41) is 4.00. The number of hydrogen-bond donors (Lipinski definition) is 1. The van der Waals surface area contributed by atoms with E-state index in [1.54, 1.807) is 18.2 Å². The second kappa shape index (κ2) is 9.79. The van der Waals surface area contributed by atoms with Gasteiger partial charge in [0.1, 0.15) is 5.82 Å². The lowest BCUT2D eigenvalue weighted by atomic mass is 10.0. The Morgan fingerprint density at radius 3 is 2.41 bits per heavy atom. The molecule has 0 bridgehead atoms. The standard InChI is InChI=1S/C24H24ClF3N4/c25-19-4-3-5-20(16-19)32-14-12-31(13-15-32)11-10-29-23-9-8-18(17-30-23)21-6-1-2-7-22(21)24(26,27)28/h1-9,16-17H,10-15H2,(H,29,30). The number of piperazine rings is 1. The topological polar surface area (TPSA) is 31.4 Å². The van der Waals surface area contributed by atoms with E-state index in [0.717, 1.165) is 49.5 Å². The Morgan fingerprint density at radius 1 is 0.938 bits per heavy atom. The predicted molar refractivity (Wildman–Crippen MR) is 123 cm³/mol. The Bertz CT molecular complexity index is 1030. The summed E-state index contributed by atoms with van der Waals surface area (Å²) in [6.07, 6.45) is -2.92. The average molecular weight is 461 g/mol. The summed E-state index contributed by atoms with van der Waals surface area (Å²) in [6.45, 7) is 5.35. The van der Waals surface area contributed by atoms with Crippen LogP contribution in [0.3, 0.4) is 0 Å². The molecule has 0 atom stereocenters. The fraction of sp³-hybridized carbons (Fsp3) is 0.292. The van der Waals surface area contributed by atoms with E-state index in [4.69, 9.17) is 11.6 Å². The van der Waals surface area contributed by atoms with Crippen molar-refractivity contribution >= 4 is 23.1 Å². The van der Waals surface area contributed by atoms with Gasteiger partial charge in [0.25, 0.3) is 0 Å². The number of benzene rings is 2. The first-order valence-corrected chi connectivity index (χ1v) is 10.9. The number of halogens is 4. The molecule has 32 heavy (non-hydrogen) atoms. The van der Waals surface area contributed by atoms with Gasteiger partial charge < -0.3 is 10.2 Å². The first-order chi connectivity index (χ1) is 15.4. The second-order valence-electron chi connectivity index (χ2n) is 7.71. The lowest BCUT2D eigenvalue weighted by molar-refractivity contribution is -0.137. The van der Waals surface area contributed by atoms with Crippen LogP contribution in [0.1, 0.15) is 5.56 Å². The largest absolute Gasteiger partial charge is 0.417 e. The minimum absolute atomic E-state index is 0.136. The zero-order valence-electron chi connectivity index (χ0n) is 17.4. The Labute approximate surface area is 190 Å². The predicted octanol–water partition coefficient (Wildman–Crippen LogP) is 5.65. The van der Waals surface area contributed by atoms with Crippen molar-refractivity contribution in [2.75, 3.05) is 49.5 Å². The number of pyridine rings is 1. The summed E-state index contributed by atoms with van der Waals surface area (Å²) in [7, 11) is 0. The maximum absolute atomic E-state index is 13.2. The fourth-order valence-corrected chi connectivity index (χ4v) is 4.07. The van der Waals surface area contributed by atoms with E-state index in [9.17, 15) is 13.2 Å². The van der Waals surface area contributed by atoms with Crippen LogP contribution in [0, 0.1) is 0 Å². The molecule has 0 aliphatic carbocycles. The number of nitrogens with zero attached hydrogens (tertiary/aromatic N) is 3. The normalized spacial score (nSPS) is 15.1. The Kier molecular flexibility index (Phi) is 6.86. The summed E-state index contributed by atoms with van der Waals surface area (Å²) in [5.74, 6) is 0.649. The van der Waals surface area contributed by atoms with Gasteiger partial charge in [0.2, 0.25) is 0 Å². The van der Waals surface area contributed by atoms with Crippen LogP contribution in [-0.4, -0.2) is 49.2 Å². The molecule has 2 heterocycles. The monoisotopic (exact) mass is 460 g/mol. The molecule has 3 aromatic rings. The molecule has 168 valence electrons. The van der Waals surface area contributed by atoms with Crippen LogP contribution in [0.15, 0.2) is 66.9 Å². The number of anilines is 2. The van der Waals surface area contributed by atoms with E-state index in [-0.39, 0.29) is 5.56 Å². The molecule has 1 aromatic heterocycles. The number of alkyl halides is 3. The summed E-state index contributed by atoms with van der Waals surface area (Å²) >= 11 is 6.09. The van der Waals surface area contributed by atoms with E-state index < -0.39 is 11.7 Å². The van der Waals surface area contributed by atoms with Gasteiger partial charge in [-0.1, -0.05) is 35.9 Å². The number of nitrogens with one attached hydrogen (secondary N) is 1. The minimum atomic E-state index is -4.40. The molecule has 1 N–H and O–H groups in total. The van der Waals surface area contributed by atoms with Gasteiger partial charge in [-0.2, -0.15) is 13.2 Å². The Hall–Kier alpha value is -2.77. The first-order valence-electron chi connectivity index (χ1n) is 10.5. The van der Waals surface area contributed by atoms with Crippen molar-refractivity contribution in [1.82, 2.24) is 9.88 Å². The van der Waals surface area contributed by atoms with Crippen LogP contribution >= 0.6 is 11.6 Å². The molecule has 1 saturated heterocycles. The van der Waals surface area contributed by atoms with Crippen LogP contribution < -0.4 is 10.2 Å². The number of hydrogen-bond acceptors (Lipinski definition) is 4. The lowest BCUT2D eigenvalue weighted by Crippen LogP contribution is -2.47. The molecule has 4 nitrogen and oxygen atoms in total. The molecular weight excluding hydrogens is 437 g/mol. The van der Waals surface area contributed by atoms with Crippen LogP contribution in [0.4, 0.5) is 24.7 Å². The van der Waals surface area contributed by atoms with E-state index >= 15 is 0 Å². The average Bonchev–Trinajstić information content (AvgIpc) is 2.79. The van der Waals surface area contributed by atoms with Crippen molar-refractivity contribution < 1.29 is 13.2 Å².